The topological polar surface area (TPSA) is 32.5 Å². The van der Waals surface area contributed by atoms with Crippen molar-refractivity contribution in [1.82, 2.24) is 0 Å². The highest BCUT2D eigenvalue weighted by molar-refractivity contribution is 5.81. The zero-order valence-corrected chi connectivity index (χ0v) is 32.1. The van der Waals surface area contributed by atoms with E-state index in [0.29, 0.717) is 18.4 Å². The molecule has 2 N–H and O–H groups in total. The van der Waals surface area contributed by atoms with Gasteiger partial charge in [0.1, 0.15) is 0 Å². The van der Waals surface area contributed by atoms with Gasteiger partial charge in [-0.3, -0.25) is 0 Å². The number of hydrogen-bond donors (Lipinski definition) is 1. The molecule has 0 radical (unpaired) electrons. The summed E-state index contributed by atoms with van der Waals surface area (Å²) in [6.07, 6.45) is 5.09. The van der Waals surface area contributed by atoms with Crippen LogP contribution in [0.2, 0.25) is 0 Å². The van der Waals surface area contributed by atoms with Gasteiger partial charge in [-0.25, -0.2) is 0 Å². The van der Waals surface area contributed by atoms with Crippen LogP contribution in [0.3, 0.4) is 0 Å². The molecular formula is C49H55N3. The van der Waals surface area contributed by atoms with E-state index in [9.17, 15) is 0 Å². The third-order valence-corrected chi connectivity index (χ3v) is 9.46. The lowest BCUT2D eigenvalue weighted by atomic mass is 9.90. The Morgan fingerprint density at radius 1 is 0.442 bits per heavy atom. The number of hydrogen-bond acceptors (Lipinski definition) is 3. The highest BCUT2D eigenvalue weighted by atomic mass is 15.1. The number of nitrogens with two attached hydrogens (primary N) is 1. The van der Waals surface area contributed by atoms with Gasteiger partial charge >= 0.3 is 0 Å². The molecule has 266 valence electrons. The van der Waals surface area contributed by atoms with Crippen LogP contribution in [-0.4, -0.2) is 6.54 Å². The Morgan fingerprint density at radius 2 is 0.712 bits per heavy atom. The molecule has 6 aromatic rings. The van der Waals surface area contributed by atoms with Crippen LogP contribution in [0.5, 0.6) is 0 Å². The molecule has 0 spiro atoms. The van der Waals surface area contributed by atoms with Crippen LogP contribution in [0.25, 0.3) is 11.1 Å². The van der Waals surface area contributed by atoms with Crippen molar-refractivity contribution in [3.63, 3.8) is 0 Å². The predicted octanol–water partition coefficient (Wildman–Crippen LogP) is 13.9. The average molecular weight is 686 g/mol. The molecule has 0 heterocycles. The third-order valence-electron chi connectivity index (χ3n) is 9.46. The van der Waals surface area contributed by atoms with Gasteiger partial charge in [0.25, 0.3) is 0 Å². The number of nitrogens with zero attached hydrogens (tertiary/aromatic N) is 2. The predicted molar refractivity (Wildman–Crippen MR) is 227 cm³/mol. The summed E-state index contributed by atoms with van der Waals surface area (Å²) in [4.78, 5) is 4.64. The molecule has 0 bridgehead atoms. The summed E-state index contributed by atoms with van der Waals surface area (Å²) in [6, 6.07) is 53.0. The van der Waals surface area contributed by atoms with E-state index in [-0.39, 0.29) is 0 Å². The van der Waals surface area contributed by atoms with Gasteiger partial charge in [-0.05, 0) is 149 Å². The zero-order valence-electron chi connectivity index (χ0n) is 32.1. The van der Waals surface area contributed by atoms with Gasteiger partial charge in [0.05, 0.1) is 0 Å². The molecule has 6 rings (SSSR count). The van der Waals surface area contributed by atoms with Crippen molar-refractivity contribution in [3.05, 3.63) is 180 Å². The molecule has 0 aliphatic rings. The van der Waals surface area contributed by atoms with E-state index in [0.717, 1.165) is 40.5 Å². The Morgan fingerprint density at radius 3 is 0.962 bits per heavy atom. The molecule has 3 heteroatoms. The van der Waals surface area contributed by atoms with Crippen LogP contribution in [0.4, 0.5) is 34.1 Å². The van der Waals surface area contributed by atoms with Crippen LogP contribution in [0, 0.1) is 26.7 Å². The SMILES string of the molecule is C/C=C\C.Cc1ccc(N(c2ccc(C)cc2)c2ccc(-c3ccc(N(c4ccc(C)cc4)c4ccc(C(CN)CC(C)C)cc4)cc3)cc2)cc1. The lowest BCUT2D eigenvalue weighted by Gasteiger charge is -2.27. The second-order valence-electron chi connectivity index (χ2n) is 14.1. The van der Waals surface area contributed by atoms with Crippen LogP contribution in [0.1, 0.15) is 62.3 Å². The first-order valence-corrected chi connectivity index (χ1v) is 18.6. The summed E-state index contributed by atoms with van der Waals surface area (Å²) < 4.78 is 0. The molecule has 0 saturated heterocycles. The highest BCUT2D eigenvalue weighted by Crippen LogP contribution is 2.38. The normalized spacial score (nSPS) is 11.6. The van der Waals surface area contributed by atoms with E-state index in [1.807, 2.05) is 26.0 Å². The Hall–Kier alpha value is -5.38. The molecule has 0 aliphatic carbocycles. The lowest BCUT2D eigenvalue weighted by molar-refractivity contribution is 0.504. The van der Waals surface area contributed by atoms with E-state index >= 15 is 0 Å². The van der Waals surface area contributed by atoms with Crippen molar-refractivity contribution in [1.29, 1.82) is 0 Å². The molecule has 6 aromatic carbocycles. The molecule has 0 aliphatic heterocycles. The smallest absolute Gasteiger partial charge is 0.0462 e. The maximum atomic E-state index is 6.18. The van der Waals surface area contributed by atoms with E-state index in [1.165, 1.54) is 33.4 Å². The second kappa shape index (κ2) is 18.2. The first-order chi connectivity index (χ1) is 25.2. The van der Waals surface area contributed by atoms with Crippen molar-refractivity contribution >= 4 is 34.1 Å². The molecular weight excluding hydrogens is 631 g/mol. The first kappa shape index (κ1) is 37.9. The first-order valence-electron chi connectivity index (χ1n) is 18.6. The van der Waals surface area contributed by atoms with Gasteiger partial charge in [0.2, 0.25) is 0 Å². The number of rotatable bonds is 11. The van der Waals surface area contributed by atoms with E-state index in [4.69, 9.17) is 5.73 Å². The Balaban J connectivity index is 0.00000124. The molecule has 1 atom stereocenters. The maximum Gasteiger partial charge on any atom is 0.0462 e. The lowest BCUT2D eigenvalue weighted by Crippen LogP contribution is -2.15. The van der Waals surface area contributed by atoms with Crippen molar-refractivity contribution < 1.29 is 0 Å². The Kier molecular flexibility index (Phi) is 13.3. The highest BCUT2D eigenvalue weighted by Gasteiger charge is 2.17. The summed E-state index contributed by atoms with van der Waals surface area (Å²) in [5.41, 5.74) is 20.4. The van der Waals surface area contributed by atoms with Gasteiger partial charge < -0.3 is 15.5 Å². The Labute approximate surface area is 313 Å². The van der Waals surface area contributed by atoms with Gasteiger partial charge in [0.15, 0.2) is 0 Å². The fraction of sp³-hybridized carbons (Fsp3) is 0.224. The molecule has 3 nitrogen and oxygen atoms in total. The van der Waals surface area contributed by atoms with Crippen molar-refractivity contribution in [2.75, 3.05) is 16.3 Å². The number of anilines is 6. The van der Waals surface area contributed by atoms with Gasteiger partial charge in [-0.2, -0.15) is 0 Å². The van der Waals surface area contributed by atoms with Crippen LogP contribution in [-0.2, 0) is 0 Å². The molecule has 0 saturated carbocycles. The second-order valence-corrected chi connectivity index (χ2v) is 14.1. The van der Waals surface area contributed by atoms with E-state index in [1.54, 1.807) is 0 Å². The number of aryl methyl sites for hydroxylation is 3. The van der Waals surface area contributed by atoms with Crippen LogP contribution in [0.15, 0.2) is 158 Å². The zero-order chi connectivity index (χ0) is 37.0. The largest absolute Gasteiger partial charge is 0.330 e. The van der Waals surface area contributed by atoms with Crippen LogP contribution >= 0.6 is 0 Å². The minimum absolute atomic E-state index is 0.374. The number of benzene rings is 6. The van der Waals surface area contributed by atoms with E-state index < -0.39 is 0 Å². The molecule has 0 fully saturated rings. The summed E-state index contributed by atoms with van der Waals surface area (Å²) in [7, 11) is 0. The third kappa shape index (κ3) is 9.69. The summed E-state index contributed by atoms with van der Waals surface area (Å²) in [5, 5.41) is 0. The quantitative estimate of drug-likeness (QED) is 0.138. The summed E-state index contributed by atoms with van der Waals surface area (Å²) in [6.45, 7) is 15.6. The number of allylic oxidation sites excluding steroid dienone is 2. The van der Waals surface area contributed by atoms with Gasteiger partial charge in [0, 0.05) is 34.1 Å². The maximum absolute atomic E-state index is 6.18. The van der Waals surface area contributed by atoms with Crippen molar-refractivity contribution in [2.45, 2.75) is 60.8 Å². The van der Waals surface area contributed by atoms with Crippen molar-refractivity contribution in [3.8, 4) is 11.1 Å². The fourth-order valence-electron chi connectivity index (χ4n) is 6.41. The molecule has 1 unspecified atom stereocenters. The van der Waals surface area contributed by atoms with Crippen molar-refractivity contribution in [2.24, 2.45) is 11.7 Å². The monoisotopic (exact) mass is 685 g/mol. The fourth-order valence-corrected chi connectivity index (χ4v) is 6.41. The minimum Gasteiger partial charge on any atom is -0.330 e. The standard InChI is InChI=1S/C45H47N3.C4H8/c1-32(2)30-39(31-46)38-16-28-45(29-17-38)48(42-22-10-35(5)11-23-42)44-26-14-37(15-27-44)36-12-24-43(25-13-36)47(40-18-6-33(3)7-19-40)41-20-8-34(4)9-21-41;1-3-4-2/h6-29,32,39H,30-31,46H2,1-5H3;3-4H,1-2H3/b;4-3-. The Bertz CT molecular complexity index is 1920. The van der Waals surface area contributed by atoms with Gasteiger partial charge in [-0.15, -0.1) is 0 Å². The van der Waals surface area contributed by atoms with E-state index in [2.05, 4.69) is 190 Å². The summed E-state index contributed by atoms with van der Waals surface area (Å²) in [5.74, 6) is 0.982. The minimum atomic E-state index is 0.374. The summed E-state index contributed by atoms with van der Waals surface area (Å²) >= 11 is 0. The van der Waals surface area contributed by atoms with Gasteiger partial charge in [-0.1, -0.05) is 115 Å². The average Bonchev–Trinajstić information content (AvgIpc) is 3.17. The molecule has 0 aromatic heterocycles. The molecule has 52 heavy (non-hydrogen) atoms. The van der Waals surface area contributed by atoms with Crippen LogP contribution < -0.4 is 15.5 Å². The molecule has 0 amide bonds.